The molecular formula is C12H15NO. The van der Waals surface area contributed by atoms with Crippen molar-refractivity contribution in [2.75, 3.05) is 0 Å². The maximum Gasteiger partial charge on any atom is 0.182 e. The van der Waals surface area contributed by atoms with Gasteiger partial charge in [0.05, 0.1) is 0 Å². The van der Waals surface area contributed by atoms with E-state index in [0.29, 0.717) is 5.92 Å². The highest BCUT2D eigenvalue weighted by Gasteiger charge is 2.12. The van der Waals surface area contributed by atoms with Gasteiger partial charge >= 0.3 is 0 Å². The fourth-order valence-corrected chi connectivity index (χ4v) is 1.71. The van der Waals surface area contributed by atoms with Crippen molar-refractivity contribution in [3.05, 3.63) is 29.7 Å². The molecule has 0 aliphatic carbocycles. The van der Waals surface area contributed by atoms with Gasteiger partial charge in [0, 0.05) is 0 Å². The van der Waals surface area contributed by atoms with Crippen LogP contribution in [-0.2, 0) is 0 Å². The first-order valence-corrected chi connectivity index (χ1v) is 5.06. The van der Waals surface area contributed by atoms with Gasteiger partial charge in [0.2, 0.25) is 0 Å². The van der Waals surface area contributed by atoms with E-state index in [4.69, 9.17) is 4.42 Å². The Morgan fingerprint density at radius 2 is 2.21 bits per heavy atom. The van der Waals surface area contributed by atoms with Crippen LogP contribution in [0.3, 0.4) is 0 Å². The molecule has 1 atom stereocenters. The van der Waals surface area contributed by atoms with Crippen LogP contribution in [0.2, 0.25) is 0 Å². The molecule has 0 bridgehead atoms. The van der Waals surface area contributed by atoms with E-state index >= 15 is 0 Å². The molecule has 2 rings (SSSR count). The van der Waals surface area contributed by atoms with Crippen LogP contribution in [0.15, 0.2) is 22.9 Å². The number of hydrogen-bond donors (Lipinski definition) is 0. The maximum absolute atomic E-state index is 5.44. The van der Waals surface area contributed by atoms with E-state index in [1.54, 1.807) is 0 Å². The molecule has 0 fully saturated rings. The second kappa shape index (κ2) is 3.45. The van der Waals surface area contributed by atoms with E-state index in [2.05, 4.69) is 37.9 Å². The molecule has 1 unspecified atom stereocenters. The lowest BCUT2D eigenvalue weighted by Gasteiger charge is -2.09. The normalized spacial score (nSPS) is 13.4. The van der Waals surface area contributed by atoms with Crippen molar-refractivity contribution < 1.29 is 4.42 Å². The number of rotatable bonds is 2. The van der Waals surface area contributed by atoms with Gasteiger partial charge in [-0.1, -0.05) is 26.0 Å². The zero-order chi connectivity index (χ0) is 10.1. The summed E-state index contributed by atoms with van der Waals surface area (Å²) < 4.78 is 5.44. The van der Waals surface area contributed by atoms with Gasteiger partial charge in [-0.05, 0) is 30.4 Å². The monoisotopic (exact) mass is 189 g/mol. The zero-order valence-electron chi connectivity index (χ0n) is 8.87. The summed E-state index contributed by atoms with van der Waals surface area (Å²) in [5, 5.41) is 0. The molecule has 1 aromatic heterocycles. The predicted molar refractivity (Wildman–Crippen MR) is 57.5 cm³/mol. The third-order valence-corrected chi connectivity index (χ3v) is 2.86. The largest absolute Gasteiger partial charge is 0.443 e. The highest BCUT2D eigenvalue weighted by Crippen LogP contribution is 2.28. The van der Waals surface area contributed by atoms with E-state index in [0.717, 1.165) is 17.5 Å². The Kier molecular flexibility index (Phi) is 2.28. The van der Waals surface area contributed by atoms with Gasteiger partial charge in [-0.2, -0.15) is 0 Å². The van der Waals surface area contributed by atoms with Crippen LogP contribution < -0.4 is 0 Å². The molecule has 0 aliphatic rings. The molecule has 2 nitrogen and oxygen atoms in total. The average Bonchev–Trinajstić information content (AvgIpc) is 2.67. The second-order valence-corrected chi connectivity index (χ2v) is 3.81. The van der Waals surface area contributed by atoms with Crippen molar-refractivity contribution in [2.45, 2.75) is 33.1 Å². The summed E-state index contributed by atoms with van der Waals surface area (Å²) in [4.78, 5) is 4.23. The number of oxazole rings is 1. The number of fused-ring (bicyclic) bond motifs is 1. The maximum atomic E-state index is 5.44. The van der Waals surface area contributed by atoms with Crippen LogP contribution >= 0.6 is 0 Å². The van der Waals surface area contributed by atoms with Gasteiger partial charge in [-0.3, -0.25) is 0 Å². The van der Waals surface area contributed by atoms with Gasteiger partial charge in [0.15, 0.2) is 12.0 Å². The third kappa shape index (κ3) is 1.31. The van der Waals surface area contributed by atoms with E-state index in [9.17, 15) is 0 Å². The van der Waals surface area contributed by atoms with Crippen LogP contribution in [-0.4, -0.2) is 4.98 Å². The van der Waals surface area contributed by atoms with Crippen LogP contribution in [0, 0.1) is 6.92 Å². The second-order valence-electron chi connectivity index (χ2n) is 3.81. The quantitative estimate of drug-likeness (QED) is 0.720. The van der Waals surface area contributed by atoms with Crippen molar-refractivity contribution in [2.24, 2.45) is 0 Å². The molecule has 0 amide bonds. The lowest BCUT2D eigenvalue weighted by molar-refractivity contribution is 0.590. The molecule has 14 heavy (non-hydrogen) atoms. The number of nitrogens with zero attached hydrogens (tertiary/aromatic N) is 1. The minimum atomic E-state index is 0.533. The minimum Gasteiger partial charge on any atom is -0.443 e. The first kappa shape index (κ1) is 9.25. The van der Waals surface area contributed by atoms with Gasteiger partial charge in [-0.15, -0.1) is 0 Å². The Morgan fingerprint density at radius 1 is 1.43 bits per heavy atom. The van der Waals surface area contributed by atoms with E-state index < -0.39 is 0 Å². The average molecular weight is 189 g/mol. The molecule has 0 saturated carbocycles. The molecule has 0 N–H and O–H groups in total. The summed E-state index contributed by atoms with van der Waals surface area (Å²) in [6.45, 7) is 6.46. The summed E-state index contributed by atoms with van der Waals surface area (Å²) >= 11 is 0. The molecule has 1 heterocycles. The first-order chi connectivity index (χ1) is 6.74. The van der Waals surface area contributed by atoms with E-state index in [-0.39, 0.29) is 0 Å². The summed E-state index contributed by atoms with van der Waals surface area (Å²) in [6, 6.07) is 4.27. The van der Waals surface area contributed by atoms with Crippen LogP contribution in [0.1, 0.15) is 37.3 Å². The van der Waals surface area contributed by atoms with Gasteiger partial charge in [0.1, 0.15) is 5.52 Å². The van der Waals surface area contributed by atoms with Crippen molar-refractivity contribution in [3.63, 3.8) is 0 Å². The molecule has 74 valence electrons. The van der Waals surface area contributed by atoms with Crippen LogP contribution in [0.25, 0.3) is 11.1 Å². The molecule has 0 aliphatic heterocycles. The van der Waals surface area contributed by atoms with Gasteiger partial charge in [0.25, 0.3) is 0 Å². The Bertz CT molecular complexity index is 445. The van der Waals surface area contributed by atoms with Crippen molar-refractivity contribution in [3.8, 4) is 0 Å². The van der Waals surface area contributed by atoms with Gasteiger partial charge in [-0.25, -0.2) is 4.98 Å². The topological polar surface area (TPSA) is 26.0 Å². The van der Waals surface area contributed by atoms with Crippen molar-refractivity contribution in [1.29, 1.82) is 0 Å². The fourth-order valence-electron chi connectivity index (χ4n) is 1.71. The minimum absolute atomic E-state index is 0.533. The lowest BCUT2D eigenvalue weighted by Crippen LogP contribution is -1.92. The highest BCUT2D eigenvalue weighted by atomic mass is 16.3. The number of aryl methyl sites for hydroxylation is 1. The SMILES string of the molecule is CCC(C)c1ccc(C)c2ncoc12. The first-order valence-electron chi connectivity index (χ1n) is 5.06. The standard InChI is InChI=1S/C12H15NO/c1-4-8(2)10-6-5-9(3)11-12(10)14-7-13-11/h5-8H,4H2,1-3H3. The lowest BCUT2D eigenvalue weighted by atomic mass is 9.96. The Morgan fingerprint density at radius 3 is 2.93 bits per heavy atom. The number of aromatic nitrogens is 1. The summed E-state index contributed by atoms with van der Waals surface area (Å²) in [5.74, 6) is 0.533. The van der Waals surface area contributed by atoms with Crippen LogP contribution in [0.4, 0.5) is 0 Å². The Balaban J connectivity index is 2.66. The summed E-state index contributed by atoms with van der Waals surface area (Å²) in [5.41, 5.74) is 4.41. The van der Waals surface area contributed by atoms with E-state index in [1.807, 2.05) is 0 Å². The smallest absolute Gasteiger partial charge is 0.182 e. The van der Waals surface area contributed by atoms with Gasteiger partial charge < -0.3 is 4.42 Å². The van der Waals surface area contributed by atoms with E-state index in [1.165, 1.54) is 17.5 Å². The Hall–Kier alpha value is -1.31. The third-order valence-electron chi connectivity index (χ3n) is 2.86. The van der Waals surface area contributed by atoms with Crippen LogP contribution in [0.5, 0.6) is 0 Å². The molecule has 0 spiro atoms. The summed E-state index contributed by atoms with van der Waals surface area (Å²) in [6.07, 6.45) is 2.66. The molecular weight excluding hydrogens is 174 g/mol. The highest BCUT2D eigenvalue weighted by molar-refractivity contribution is 5.79. The molecule has 0 radical (unpaired) electrons. The summed E-state index contributed by atoms with van der Waals surface area (Å²) in [7, 11) is 0. The molecule has 2 heteroatoms. The fraction of sp³-hybridized carbons (Fsp3) is 0.417. The number of benzene rings is 1. The number of hydrogen-bond acceptors (Lipinski definition) is 2. The Labute approximate surface area is 84.0 Å². The zero-order valence-corrected chi connectivity index (χ0v) is 8.87. The molecule has 2 aromatic rings. The molecule has 0 saturated heterocycles. The predicted octanol–water partition coefficient (Wildman–Crippen LogP) is 3.65. The van der Waals surface area contributed by atoms with Crippen molar-refractivity contribution in [1.82, 2.24) is 4.98 Å². The van der Waals surface area contributed by atoms with Crippen molar-refractivity contribution >= 4 is 11.1 Å². The molecule has 1 aromatic carbocycles.